The van der Waals surface area contributed by atoms with Gasteiger partial charge in [0.1, 0.15) is 5.75 Å². The summed E-state index contributed by atoms with van der Waals surface area (Å²) in [6, 6.07) is 6.43. The molecule has 0 aliphatic rings. The molecule has 0 radical (unpaired) electrons. The highest BCUT2D eigenvalue weighted by Gasteiger charge is 2.33. The van der Waals surface area contributed by atoms with Gasteiger partial charge in [0.05, 0.1) is 7.11 Å². The Morgan fingerprint density at radius 3 is 2.38 bits per heavy atom. The van der Waals surface area contributed by atoms with E-state index in [1.54, 1.807) is 7.11 Å². The van der Waals surface area contributed by atoms with Gasteiger partial charge in [-0.1, -0.05) is 31.5 Å². The van der Waals surface area contributed by atoms with Crippen LogP contribution >= 0.6 is 0 Å². The molecule has 1 atom stereocenters. The van der Waals surface area contributed by atoms with Crippen LogP contribution in [0.4, 0.5) is 0 Å². The molecule has 0 aliphatic carbocycles. The predicted octanol–water partition coefficient (Wildman–Crippen LogP) is 2.50. The lowest BCUT2D eigenvalue weighted by atomic mass is 9.87. The molecule has 4 heteroatoms. The molecule has 0 aliphatic heterocycles. The van der Waals surface area contributed by atoms with E-state index in [4.69, 9.17) is 10.6 Å². The number of nitrogens with one attached hydrogen (secondary N) is 1. The van der Waals surface area contributed by atoms with Crippen LogP contribution in [-0.2, 0) is 6.42 Å². The number of ether oxygens (including phenoxy) is 1. The van der Waals surface area contributed by atoms with Crippen LogP contribution < -0.4 is 16.0 Å². The van der Waals surface area contributed by atoms with E-state index < -0.39 is 0 Å². The zero-order chi connectivity index (χ0) is 16.0. The van der Waals surface area contributed by atoms with Gasteiger partial charge in [-0.2, -0.15) is 0 Å². The minimum Gasteiger partial charge on any atom is -0.496 e. The van der Waals surface area contributed by atoms with Crippen molar-refractivity contribution in [2.75, 3.05) is 20.2 Å². The van der Waals surface area contributed by atoms with E-state index in [1.165, 1.54) is 11.1 Å². The Morgan fingerprint density at radius 2 is 1.90 bits per heavy atom. The lowest BCUT2D eigenvalue weighted by molar-refractivity contribution is 0.0909. The summed E-state index contributed by atoms with van der Waals surface area (Å²) in [6.07, 6.45) is 0.838. The third kappa shape index (κ3) is 4.19. The lowest BCUT2D eigenvalue weighted by Gasteiger charge is -2.43. The lowest BCUT2D eigenvalue weighted by Crippen LogP contribution is -2.60. The smallest absolute Gasteiger partial charge is 0.122 e. The first-order valence-electron chi connectivity index (χ1n) is 7.75. The van der Waals surface area contributed by atoms with Crippen LogP contribution in [-0.4, -0.2) is 36.7 Å². The fourth-order valence-electron chi connectivity index (χ4n) is 3.06. The highest BCUT2D eigenvalue weighted by atomic mass is 16.5. The van der Waals surface area contributed by atoms with Gasteiger partial charge in [-0.15, -0.1) is 0 Å². The van der Waals surface area contributed by atoms with Crippen molar-refractivity contribution in [3.63, 3.8) is 0 Å². The van der Waals surface area contributed by atoms with E-state index in [-0.39, 0.29) is 11.6 Å². The number of hydrogen-bond donors (Lipinski definition) is 2. The third-order valence-corrected chi connectivity index (χ3v) is 4.49. The largest absolute Gasteiger partial charge is 0.496 e. The summed E-state index contributed by atoms with van der Waals surface area (Å²) in [5.41, 5.74) is 5.41. The molecule has 120 valence electrons. The molecule has 4 nitrogen and oxygen atoms in total. The van der Waals surface area contributed by atoms with Crippen LogP contribution in [0.15, 0.2) is 18.2 Å². The van der Waals surface area contributed by atoms with Gasteiger partial charge in [0.25, 0.3) is 0 Å². The molecule has 0 fully saturated rings. The number of methoxy groups -OCH3 is 1. The first-order chi connectivity index (χ1) is 9.90. The molecular weight excluding hydrogens is 262 g/mol. The number of aryl methyl sites for hydroxylation is 1. The van der Waals surface area contributed by atoms with Crippen molar-refractivity contribution in [3.05, 3.63) is 29.3 Å². The average molecular weight is 293 g/mol. The zero-order valence-electron chi connectivity index (χ0n) is 14.4. The van der Waals surface area contributed by atoms with Crippen LogP contribution in [0, 0.1) is 6.92 Å². The fraction of sp³-hybridized carbons (Fsp3) is 0.647. The van der Waals surface area contributed by atoms with Crippen LogP contribution in [0.1, 0.15) is 38.8 Å². The molecule has 1 rings (SSSR count). The topological polar surface area (TPSA) is 50.5 Å². The number of nitrogens with two attached hydrogens (primary N) is 1. The second kappa shape index (κ2) is 7.78. The molecule has 0 heterocycles. The molecule has 0 bridgehead atoms. The maximum atomic E-state index is 5.87. The SMILES string of the molecule is CCN(CC)C(C)(C)C(Cc1cc(C)ccc1OC)NN. The van der Waals surface area contributed by atoms with Gasteiger partial charge in [0.15, 0.2) is 0 Å². The van der Waals surface area contributed by atoms with Gasteiger partial charge in [0.2, 0.25) is 0 Å². The maximum Gasteiger partial charge on any atom is 0.122 e. The van der Waals surface area contributed by atoms with E-state index in [1.807, 2.05) is 6.07 Å². The standard InChI is InChI=1S/C17H31N3O/c1-7-20(8-2)17(4,5)16(19-18)12-14-11-13(3)9-10-15(14)21-6/h9-11,16,19H,7-8,12,18H2,1-6H3. The van der Waals surface area contributed by atoms with Crippen molar-refractivity contribution in [2.45, 2.75) is 52.6 Å². The molecule has 1 aromatic carbocycles. The van der Waals surface area contributed by atoms with Crippen molar-refractivity contribution >= 4 is 0 Å². The number of benzene rings is 1. The van der Waals surface area contributed by atoms with E-state index in [9.17, 15) is 0 Å². The molecule has 1 aromatic rings. The molecule has 0 aromatic heterocycles. The number of rotatable bonds is 8. The summed E-state index contributed by atoms with van der Waals surface area (Å²) in [4.78, 5) is 2.43. The number of likely N-dealkylation sites (N-methyl/N-ethyl adjacent to an activating group) is 1. The average Bonchev–Trinajstić information content (AvgIpc) is 2.45. The highest BCUT2D eigenvalue weighted by molar-refractivity contribution is 5.37. The Kier molecular flexibility index (Phi) is 6.65. The first kappa shape index (κ1) is 18.0. The summed E-state index contributed by atoms with van der Waals surface area (Å²) in [7, 11) is 1.72. The minimum atomic E-state index is -0.0347. The van der Waals surface area contributed by atoms with Crippen LogP contribution in [0.3, 0.4) is 0 Å². The Balaban J connectivity index is 3.04. The summed E-state index contributed by atoms with van der Waals surface area (Å²) in [5.74, 6) is 6.79. The molecule has 3 N–H and O–H groups in total. The molecule has 0 saturated carbocycles. The maximum absolute atomic E-state index is 5.87. The second-order valence-corrected chi connectivity index (χ2v) is 6.06. The molecule has 0 amide bonds. The molecule has 21 heavy (non-hydrogen) atoms. The molecule has 0 spiro atoms. The van der Waals surface area contributed by atoms with Gasteiger partial charge >= 0.3 is 0 Å². The van der Waals surface area contributed by atoms with E-state index >= 15 is 0 Å². The van der Waals surface area contributed by atoms with Crippen molar-refractivity contribution in [2.24, 2.45) is 5.84 Å². The third-order valence-electron chi connectivity index (χ3n) is 4.49. The monoisotopic (exact) mass is 293 g/mol. The van der Waals surface area contributed by atoms with E-state index in [2.05, 4.69) is 57.1 Å². The van der Waals surface area contributed by atoms with Crippen LogP contribution in [0.25, 0.3) is 0 Å². The molecular formula is C17H31N3O. The summed E-state index contributed by atoms with van der Waals surface area (Å²) < 4.78 is 5.49. The van der Waals surface area contributed by atoms with Crippen molar-refractivity contribution < 1.29 is 4.74 Å². The number of hydrazine groups is 1. The second-order valence-electron chi connectivity index (χ2n) is 6.06. The van der Waals surface area contributed by atoms with Crippen molar-refractivity contribution in [1.29, 1.82) is 0 Å². The number of hydrogen-bond acceptors (Lipinski definition) is 4. The number of nitrogens with zero attached hydrogens (tertiary/aromatic N) is 1. The van der Waals surface area contributed by atoms with Gasteiger partial charge < -0.3 is 4.74 Å². The van der Waals surface area contributed by atoms with Gasteiger partial charge in [-0.05, 0) is 51.9 Å². The summed E-state index contributed by atoms with van der Waals surface area (Å²) in [6.45, 7) is 13.0. The van der Waals surface area contributed by atoms with E-state index in [0.717, 1.165) is 25.3 Å². The van der Waals surface area contributed by atoms with Gasteiger partial charge in [-0.25, -0.2) is 0 Å². The van der Waals surface area contributed by atoms with Crippen LogP contribution in [0.5, 0.6) is 5.75 Å². The Morgan fingerprint density at radius 1 is 1.29 bits per heavy atom. The van der Waals surface area contributed by atoms with Gasteiger partial charge in [0, 0.05) is 11.6 Å². The van der Waals surface area contributed by atoms with Crippen molar-refractivity contribution in [3.8, 4) is 5.75 Å². The fourth-order valence-corrected chi connectivity index (χ4v) is 3.06. The van der Waals surface area contributed by atoms with Crippen molar-refractivity contribution in [1.82, 2.24) is 10.3 Å². The molecule has 0 saturated heterocycles. The first-order valence-corrected chi connectivity index (χ1v) is 7.75. The zero-order valence-corrected chi connectivity index (χ0v) is 14.4. The Bertz CT molecular complexity index is 442. The Labute approximate surface area is 129 Å². The normalized spacial score (nSPS) is 13.5. The summed E-state index contributed by atoms with van der Waals surface area (Å²) >= 11 is 0. The quantitative estimate of drug-likeness (QED) is 0.571. The minimum absolute atomic E-state index is 0.0347. The summed E-state index contributed by atoms with van der Waals surface area (Å²) in [5, 5.41) is 0. The Hall–Kier alpha value is -1.10. The van der Waals surface area contributed by atoms with E-state index in [0.29, 0.717) is 0 Å². The molecule has 1 unspecified atom stereocenters. The van der Waals surface area contributed by atoms with Gasteiger partial charge in [-0.3, -0.25) is 16.2 Å². The predicted molar refractivity (Wildman–Crippen MR) is 89.5 cm³/mol. The highest BCUT2D eigenvalue weighted by Crippen LogP contribution is 2.26. The van der Waals surface area contributed by atoms with Crippen LogP contribution in [0.2, 0.25) is 0 Å².